The Balaban J connectivity index is 1.95. The highest BCUT2D eigenvalue weighted by Gasteiger charge is 2.18. The quantitative estimate of drug-likeness (QED) is 0.853. The second-order valence-corrected chi connectivity index (χ2v) is 6.12. The van der Waals surface area contributed by atoms with E-state index in [9.17, 15) is 9.90 Å². The summed E-state index contributed by atoms with van der Waals surface area (Å²) in [5.74, 6) is 0.0633. The van der Waals surface area contributed by atoms with Gasteiger partial charge >= 0.3 is 0 Å². The molecule has 1 amide bonds. The van der Waals surface area contributed by atoms with Crippen molar-refractivity contribution in [1.29, 1.82) is 0 Å². The Morgan fingerprint density at radius 1 is 1.26 bits per heavy atom. The number of aliphatic hydroxyl groups is 1. The van der Waals surface area contributed by atoms with E-state index in [1.807, 2.05) is 55.1 Å². The van der Waals surface area contributed by atoms with Gasteiger partial charge < -0.3 is 10.0 Å². The molecule has 0 saturated carbocycles. The van der Waals surface area contributed by atoms with Gasteiger partial charge in [-0.1, -0.05) is 18.2 Å². The van der Waals surface area contributed by atoms with Crippen LogP contribution in [0.5, 0.6) is 0 Å². The maximum Gasteiger partial charge on any atom is 0.223 e. The van der Waals surface area contributed by atoms with Gasteiger partial charge in [-0.25, -0.2) is 4.68 Å². The van der Waals surface area contributed by atoms with Gasteiger partial charge in [-0.2, -0.15) is 5.10 Å². The van der Waals surface area contributed by atoms with E-state index in [-0.39, 0.29) is 11.9 Å². The van der Waals surface area contributed by atoms with Crippen molar-refractivity contribution in [2.24, 2.45) is 0 Å². The van der Waals surface area contributed by atoms with Gasteiger partial charge in [0.05, 0.1) is 18.0 Å². The molecule has 0 aliphatic carbocycles. The van der Waals surface area contributed by atoms with Crippen LogP contribution in [-0.2, 0) is 11.2 Å². The molecule has 1 aromatic carbocycles. The van der Waals surface area contributed by atoms with Gasteiger partial charge in [0.1, 0.15) is 0 Å². The first-order valence-electron chi connectivity index (χ1n) is 8.04. The largest absolute Gasteiger partial charge is 0.392 e. The summed E-state index contributed by atoms with van der Waals surface area (Å²) in [5, 5.41) is 13.9. The van der Waals surface area contributed by atoms with E-state index in [4.69, 9.17) is 0 Å². The standard InChI is InChI=1S/C18H25N3O2/c1-14(2)20(12-15(3)22)18(23)10-9-16-11-19-21(13-16)17-7-5-4-6-8-17/h4-8,11,13-15,22H,9-10,12H2,1-3H3. The topological polar surface area (TPSA) is 58.4 Å². The Hall–Kier alpha value is -2.14. The molecule has 0 aliphatic rings. The highest BCUT2D eigenvalue weighted by atomic mass is 16.3. The molecule has 0 aliphatic heterocycles. The molecule has 0 bridgehead atoms. The lowest BCUT2D eigenvalue weighted by molar-refractivity contribution is -0.134. The fourth-order valence-corrected chi connectivity index (χ4v) is 2.49. The van der Waals surface area contributed by atoms with E-state index in [1.54, 1.807) is 18.0 Å². The van der Waals surface area contributed by atoms with Crippen LogP contribution in [0.4, 0.5) is 0 Å². The van der Waals surface area contributed by atoms with Gasteiger partial charge in [-0.3, -0.25) is 4.79 Å². The minimum atomic E-state index is -0.512. The first-order valence-corrected chi connectivity index (χ1v) is 8.04. The molecule has 1 aromatic heterocycles. The second kappa shape index (κ2) is 7.92. The number of benzene rings is 1. The van der Waals surface area contributed by atoms with Crippen LogP contribution in [0.2, 0.25) is 0 Å². The van der Waals surface area contributed by atoms with E-state index >= 15 is 0 Å². The van der Waals surface area contributed by atoms with E-state index in [2.05, 4.69) is 5.10 Å². The maximum atomic E-state index is 12.4. The Bertz CT molecular complexity index is 620. The van der Waals surface area contributed by atoms with E-state index < -0.39 is 6.10 Å². The Morgan fingerprint density at radius 3 is 2.57 bits per heavy atom. The van der Waals surface area contributed by atoms with Crippen molar-refractivity contribution in [1.82, 2.24) is 14.7 Å². The molecular formula is C18H25N3O2. The first-order chi connectivity index (χ1) is 11.0. The van der Waals surface area contributed by atoms with Crippen molar-refractivity contribution < 1.29 is 9.90 Å². The molecule has 124 valence electrons. The SMILES string of the molecule is CC(O)CN(C(=O)CCc1cnn(-c2ccccc2)c1)C(C)C. The molecular weight excluding hydrogens is 290 g/mol. The number of carbonyl (C=O) groups is 1. The van der Waals surface area contributed by atoms with E-state index in [0.29, 0.717) is 19.4 Å². The zero-order valence-corrected chi connectivity index (χ0v) is 14.0. The second-order valence-electron chi connectivity index (χ2n) is 6.12. The number of aromatic nitrogens is 2. The predicted molar refractivity (Wildman–Crippen MR) is 90.4 cm³/mol. The van der Waals surface area contributed by atoms with Crippen LogP contribution in [0.1, 0.15) is 32.8 Å². The minimum Gasteiger partial charge on any atom is -0.392 e. The van der Waals surface area contributed by atoms with Gasteiger partial charge in [-0.15, -0.1) is 0 Å². The van der Waals surface area contributed by atoms with Crippen molar-refractivity contribution in [2.75, 3.05) is 6.54 Å². The van der Waals surface area contributed by atoms with E-state index in [0.717, 1.165) is 11.3 Å². The number of hydrogen-bond donors (Lipinski definition) is 1. The highest BCUT2D eigenvalue weighted by Crippen LogP contribution is 2.11. The lowest BCUT2D eigenvalue weighted by Crippen LogP contribution is -2.41. The average Bonchev–Trinajstić information content (AvgIpc) is 2.99. The molecule has 0 spiro atoms. The summed E-state index contributed by atoms with van der Waals surface area (Å²) in [5.41, 5.74) is 2.03. The van der Waals surface area contributed by atoms with Crippen LogP contribution < -0.4 is 0 Å². The smallest absolute Gasteiger partial charge is 0.223 e. The van der Waals surface area contributed by atoms with Gasteiger partial charge in [0, 0.05) is 25.2 Å². The normalized spacial score (nSPS) is 12.4. The summed E-state index contributed by atoms with van der Waals surface area (Å²) in [7, 11) is 0. The monoisotopic (exact) mass is 315 g/mol. The van der Waals surface area contributed by atoms with Crippen LogP contribution in [0.25, 0.3) is 5.69 Å². The lowest BCUT2D eigenvalue weighted by Gasteiger charge is -2.28. The van der Waals surface area contributed by atoms with Gasteiger partial charge in [0.25, 0.3) is 0 Å². The summed E-state index contributed by atoms with van der Waals surface area (Å²) >= 11 is 0. The van der Waals surface area contributed by atoms with Crippen LogP contribution in [-0.4, -0.2) is 44.4 Å². The molecule has 0 saturated heterocycles. The molecule has 1 heterocycles. The Morgan fingerprint density at radius 2 is 1.96 bits per heavy atom. The molecule has 2 aromatic rings. The predicted octanol–water partition coefficient (Wildman–Crippen LogP) is 2.42. The number of rotatable bonds is 7. The summed E-state index contributed by atoms with van der Waals surface area (Å²) < 4.78 is 1.82. The Labute approximate surface area is 137 Å². The van der Waals surface area contributed by atoms with Gasteiger partial charge in [-0.05, 0) is 44.9 Å². The molecule has 1 N–H and O–H groups in total. The number of amides is 1. The first kappa shape index (κ1) is 17.2. The molecule has 0 radical (unpaired) electrons. The number of nitrogens with zero attached hydrogens (tertiary/aromatic N) is 3. The summed E-state index contributed by atoms with van der Waals surface area (Å²) in [6, 6.07) is 9.97. The van der Waals surface area contributed by atoms with Gasteiger partial charge in [0.15, 0.2) is 0 Å². The molecule has 2 rings (SSSR count). The van der Waals surface area contributed by atoms with Crippen molar-refractivity contribution in [3.05, 3.63) is 48.3 Å². The summed E-state index contributed by atoms with van der Waals surface area (Å²) in [4.78, 5) is 14.1. The van der Waals surface area contributed by atoms with E-state index in [1.165, 1.54) is 0 Å². The number of carbonyl (C=O) groups excluding carboxylic acids is 1. The molecule has 1 atom stereocenters. The molecule has 0 fully saturated rings. The van der Waals surface area contributed by atoms with Crippen LogP contribution >= 0.6 is 0 Å². The zero-order valence-electron chi connectivity index (χ0n) is 14.0. The van der Waals surface area contributed by atoms with Crippen molar-refractivity contribution in [3.8, 4) is 5.69 Å². The van der Waals surface area contributed by atoms with Crippen molar-refractivity contribution >= 4 is 5.91 Å². The number of hydrogen-bond acceptors (Lipinski definition) is 3. The number of aliphatic hydroxyl groups excluding tert-OH is 1. The van der Waals surface area contributed by atoms with Crippen LogP contribution in [0, 0.1) is 0 Å². The lowest BCUT2D eigenvalue weighted by atomic mass is 10.1. The third-order valence-corrected chi connectivity index (χ3v) is 3.69. The zero-order chi connectivity index (χ0) is 16.8. The van der Waals surface area contributed by atoms with Crippen LogP contribution in [0.3, 0.4) is 0 Å². The van der Waals surface area contributed by atoms with Gasteiger partial charge in [0.2, 0.25) is 5.91 Å². The number of para-hydroxylation sites is 1. The third-order valence-electron chi connectivity index (χ3n) is 3.69. The van der Waals surface area contributed by atoms with Crippen molar-refractivity contribution in [3.63, 3.8) is 0 Å². The molecule has 5 heteroatoms. The molecule has 1 unspecified atom stereocenters. The summed E-state index contributed by atoms with van der Waals surface area (Å²) in [6.07, 6.45) is 4.31. The average molecular weight is 315 g/mol. The summed E-state index contributed by atoms with van der Waals surface area (Å²) in [6.45, 7) is 6.01. The number of aryl methyl sites for hydroxylation is 1. The van der Waals surface area contributed by atoms with Crippen molar-refractivity contribution in [2.45, 2.75) is 45.8 Å². The third kappa shape index (κ3) is 4.93. The molecule has 23 heavy (non-hydrogen) atoms. The Kier molecular flexibility index (Phi) is 5.93. The fraction of sp³-hybridized carbons (Fsp3) is 0.444. The maximum absolute atomic E-state index is 12.4. The fourth-order valence-electron chi connectivity index (χ4n) is 2.49. The minimum absolute atomic E-state index is 0.0633. The highest BCUT2D eigenvalue weighted by molar-refractivity contribution is 5.76. The molecule has 5 nitrogen and oxygen atoms in total. The van der Waals surface area contributed by atoms with Crippen LogP contribution in [0.15, 0.2) is 42.7 Å².